The number of piperidine rings is 1. The van der Waals surface area contributed by atoms with Gasteiger partial charge in [-0.1, -0.05) is 29.9 Å². The topological polar surface area (TPSA) is 122 Å². The maximum Gasteiger partial charge on any atom is 0.280 e. The summed E-state index contributed by atoms with van der Waals surface area (Å²) in [5, 5.41) is 6.13. The van der Waals surface area contributed by atoms with Crippen molar-refractivity contribution in [2.75, 3.05) is 18.7 Å². The van der Waals surface area contributed by atoms with Crippen molar-refractivity contribution < 1.29 is 22.4 Å². The van der Waals surface area contributed by atoms with Gasteiger partial charge in [0, 0.05) is 18.2 Å². The van der Waals surface area contributed by atoms with E-state index in [1.165, 1.54) is 52.4 Å². The molecule has 0 saturated carbocycles. The van der Waals surface area contributed by atoms with Gasteiger partial charge in [-0.2, -0.15) is 14.4 Å². The van der Waals surface area contributed by atoms with Gasteiger partial charge in [-0.15, -0.1) is 0 Å². The number of hydrogen-bond donors (Lipinski definition) is 0. The maximum absolute atomic E-state index is 13.9. The summed E-state index contributed by atoms with van der Waals surface area (Å²) >= 11 is 1.22. The van der Waals surface area contributed by atoms with Crippen LogP contribution in [0.1, 0.15) is 42.1 Å². The SMILES string of the molecule is COc1ccc2nc(N(/N=C/c3coc4ccccc4c3=O)C(=O)c3ccc(S(=O)(=O)N4CCCCC4C)cc3)sc2c1. The zero-order chi connectivity index (χ0) is 30.1. The molecule has 12 heteroatoms. The predicted octanol–water partition coefficient (Wildman–Crippen LogP) is 5.66. The van der Waals surface area contributed by atoms with E-state index in [0.717, 1.165) is 29.0 Å². The minimum absolute atomic E-state index is 0.0877. The Morgan fingerprint density at radius 2 is 1.93 bits per heavy atom. The molecule has 0 bridgehead atoms. The lowest BCUT2D eigenvalue weighted by molar-refractivity contribution is 0.0987. The number of nitrogens with zero attached hydrogens (tertiary/aromatic N) is 4. The lowest BCUT2D eigenvalue weighted by Crippen LogP contribution is -2.41. The molecule has 0 spiro atoms. The number of carbonyl (C=O) groups is 1. The minimum atomic E-state index is -3.71. The quantitative estimate of drug-likeness (QED) is 0.171. The average Bonchev–Trinajstić information content (AvgIpc) is 3.45. The molecule has 0 aliphatic carbocycles. The Hall–Kier alpha value is -4.39. The van der Waals surface area contributed by atoms with Crippen LogP contribution >= 0.6 is 11.3 Å². The first-order valence-electron chi connectivity index (χ1n) is 13.7. The van der Waals surface area contributed by atoms with Crippen LogP contribution < -0.4 is 15.2 Å². The molecule has 0 N–H and O–H groups in total. The van der Waals surface area contributed by atoms with Gasteiger partial charge in [0.25, 0.3) is 5.91 Å². The normalized spacial score (nSPS) is 16.2. The zero-order valence-corrected chi connectivity index (χ0v) is 25.1. The molecule has 1 saturated heterocycles. The van der Waals surface area contributed by atoms with Crippen LogP contribution in [-0.4, -0.2) is 49.5 Å². The highest BCUT2D eigenvalue weighted by atomic mass is 32.2. The van der Waals surface area contributed by atoms with E-state index in [0.29, 0.717) is 28.8 Å². The van der Waals surface area contributed by atoms with Crippen LogP contribution in [0.2, 0.25) is 0 Å². The lowest BCUT2D eigenvalue weighted by Gasteiger charge is -2.32. The third-order valence-electron chi connectivity index (χ3n) is 7.43. The predicted molar refractivity (Wildman–Crippen MR) is 167 cm³/mol. The van der Waals surface area contributed by atoms with E-state index >= 15 is 0 Å². The van der Waals surface area contributed by atoms with Gasteiger partial charge in [-0.3, -0.25) is 9.59 Å². The highest BCUT2D eigenvalue weighted by Crippen LogP contribution is 2.33. The first-order valence-corrected chi connectivity index (χ1v) is 16.0. The summed E-state index contributed by atoms with van der Waals surface area (Å²) in [6.07, 6.45) is 5.18. The molecule has 1 aliphatic rings. The Bertz CT molecular complexity index is 2020. The number of hydrazone groups is 1. The third-order valence-corrected chi connectivity index (χ3v) is 10.4. The summed E-state index contributed by atoms with van der Waals surface area (Å²) < 4.78 is 39.9. The van der Waals surface area contributed by atoms with Gasteiger partial charge in [0.15, 0.2) is 0 Å². The van der Waals surface area contributed by atoms with Crippen molar-refractivity contribution in [2.45, 2.75) is 37.1 Å². The molecule has 1 amide bonds. The number of rotatable bonds is 7. The first-order chi connectivity index (χ1) is 20.8. The second-order valence-corrected chi connectivity index (χ2v) is 13.1. The Morgan fingerprint density at radius 3 is 2.70 bits per heavy atom. The van der Waals surface area contributed by atoms with Crippen LogP contribution in [0.4, 0.5) is 5.13 Å². The van der Waals surface area contributed by atoms with Crippen molar-refractivity contribution >= 4 is 59.8 Å². The van der Waals surface area contributed by atoms with Crippen molar-refractivity contribution in [1.29, 1.82) is 0 Å². The minimum Gasteiger partial charge on any atom is -0.497 e. The number of sulfonamides is 1. The number of para-hydroxylation sites is 1. The fourth-order valence-corrected chi connectivity index (χ4v) is 7.71. The van der Waals surface area contributed by atoms with Crippen LogP contribution in [0, 0.1) is 0 Å². The molecular weight excluding hydrogens is 588 g/mol. The van der Waals surface area contributed by atoms with E-state index in [9.17, 15) is 18.0 Å². The molecule has 1 unspecified atom stereocenters. The summed E-state index contributed by atoms with van der Waals surface area (Å²) in [4.78, 5) is 31.7. The molecule has 10 nitrogen and oxygen atoms in total. The highest BCUT2D eigenvalue weighted by molar-refractivity contribution is 7.89. The second-order valence-electron chi connectivity index (χ2n) is 10.2. The smallest absolute Gasteiger partial charge is 0.280 e. The number of thiazole rings is 1. The Kier molecular flexibility index (Phi) is 7.82. The van der Waals surface area contributed by atoms with Crippen molar-refractivity contribution in [3.05, 3.63) is 94.3 Å². The van der Waals surface area contributed by atoms with Gasteiger partial charge in [-0.05, 0) is 74.4 Å². The van der Waals surface area contributed by atoms with Crippen LogP contribution in [0.25, 0.3) is 21.2 Å². The van der Waals surface area contributed by atoms with Gasteiger partial charge < -0.3 is 9.15 Å². The molecule has 0 radical (unpaired) electrons. The van der Waals surface area contributed by atoms with Gasteiger partial charge in [0.05, 0.1) is 39.4 Å². The molecule has 2 aromatic heterocycles. The van der Waals surface area contributed by atoms with E-state index in [2.05, 4.69) is 10.1 Å². The number of fused-ring (bicyclic) bond motifs is 2. The Balaban J connectivity index is 1.37. The molecule has 6 rings (SSSR count). The highest BCUT2D eigenvalue weighted by Gasteiger charge is 2.31. The number of ether oxygens (including phenoxy) is 1. The van der Waals surface area contributed by atoms with E-state index in [1.54, 1.807) is 43.5 Å². The fourth-order valence-electron chi connectivity index (χ4n) is 5.06. The van der Waals surface area contributed by atoms with Gasteiger partial charge in [0.1, 0.15) is 17.6 Å². The van der Waals surface area contributed by atoms with Gasteiger partial charge >= 0.3 is 0 Å². The van der Waals surface area contributed by atoms with Crippen molar-refractivity contribution in [2.24, 2.45) is 5.10 Å². The molecule has 1 fully saturated rings. The molecule has 1 atom stereocenters. The second kappa shape index (κ2) is 11.7. The molecule has 3 heterocycles. The Labute approximate surface area is 251 Å². The fraction of sp³-hybridized carbons (Fsp3) is 0.226. The Morgan fingerprint density at radius 1 is 1.14 bits per heavy atom. The molecule has 43 heavy (non-hydrogen) atoms. The van der Waals surface area contributed by atoms with E-state index < -0.39 is 15.9 Å². The summed E-state index contributed by atoms with van der Waals surface area (Å²) in [6.45, 7) is 2.38. The van der Waals surface area contributed by atoms with Gasteiger partial charge in [-0.25, -0.2) is 13.4 Å². The number of carbonyl (C=O) groups excluding carboxylic acids is 1. The zero-order valence-electron chi connectivity index (χ0n) is 23.5. The largest absolute Gasteiger partial charge is 0.497 e. The number of methoxy groups -OCH3 is 1. The number of hydrogen-bond acceptors (Lipinski definition) is 9. The van der Waals surface area contributed by atoms with Gasteiger partial charge in [0.2, 0.25) is 20.6 Å². The van der Waals surface area contributed by atoms with Crippen LogP contribution in [0.3, 0.4) is 0 Å². The molecular formula is C31H28N4O6S2. The summed E-state index contributed by atoms with van der Waals surface area (Å²) in [5.41, 5.74) is 1.12. The average molecular weight is 617 g/mol. The number of amides is 1. The van der Waals surface area contributed by atoms with E-state index in [-0.39, 0.29) is 32.6 Å². The summed E-state index contributed by atoms with van der Waals surface area (Å²) in [7, 11) is -2.14. The third kappa shape index (κ3) is 5.56. The van der Waals surface area contributed by atoms with Crippen molar-refractivity contribution in [3.63, 3.8) is 0 Å². The molecule has 5 aromatic rings. The van der Waals surface area contributed by atoms with E-state index in [1.807, 2.05) is 13.0 Å². The van der Waals surface area contributed by atoms with Crippen LogP contribution in [0.15, 0.2) is 92.2 Å². The van der Waals surface area contributed by atoms with E-state index in [4.69, 9.17) is 9.15 Å². The van der Waals surface area contributed by atoms with Crippen LogP contribution in [0.5, 0.6) is 5.75 Å². The first kappa shape index (κ1) is 28.7. The standard InChI is InChI=1S/C31H28N4O6S2/c1-20-7-5-6-16-34(20)43(38,39)24-13-10-21(11-14-24)30(37)35(31-33-26-15-12-23(40-2)17-28(26)42-31)32-18-22-19-41-27-9-4-3-8-25(27)29(22)36/h3-4,8-15,17-20H,5-7,16H2,1-2H3/b32-18+. The summed E-state index contributed by atoms with van der Waals surface area (Å²) in [6, 6.07) is 17.9. The summed E-state index contributed by atoms with van der Waals surface area (Å²) in [5.74, 6) is 0.0837. The van der Waals surface area contributed by atoms with Crippen LogP contribution in [-0.2, 0) is 10.0 Å². The van der Waals surface area contributed by atoms with Crippen molar-refractivity contribution in [1.82, 2.24) is 9.29 Å². The molecule has 1 aliphatic heterocycles. The number of aromatic nitrogens is 1. The lowest BCUT2D eigenvalue weighted by atomic mass is 10.1. The number of benzene rings is 3. The number of anilines is 1. The maximum atomic E-state index is 13.9. The monoisotopic (exact) mass is 616 g/mol. The molecule has 3 aromatic carbocycles. The molecule has 220 valence electrons. The van der Waals surface area contributed by atoms with Crippen molar-refractivity contribution in [3.8, 4) is 5.75 Å².